The van der Waals surface area contributed by atoms with Gasteiger partial charge in [-0.05, 0) is 39.0 Å². The molecule has 2 amide bonds. The van der Waals surface area contributed by atoms with Crippen LogP contribution in [0.2, 0.25) is 0 Å². The van der Waals surface area contributed by atoms with Crippen molar-refractivity contribution in [1.82, 2.24) is 19.8 Å². The largest absolute Gasteiger partial charge is 0.433 e. The minimum Gasteiger partial charge on any atom is -0.364 e. The lowest BCUT2D eigenvalue weighted by molar-refractivity contribution is -0.160. The highest BCUT2D eigenvalue weighted by molar-refractivity contribution is 5.79. The lowest BCUT2D eigenvalue weighted by atomic mass is 9.98. The van der Waals surface area contributed by atoms with Crippen molar-refractivity contribution in [3.05, 3.63) is 22.8 Å². The Bertz CT molecular complexity index is 944. The Morgan fingerprint density at radius 3 is 2.62 bits per heavy atom. The van der Waals surface area contributed by atoms with Crippen molar-refractivity contribution >= 4 is 11.8 Å². The second-order valence-corrected chi connectivity index (χ2v) is 10.5. The van der Waals surface area contributed by atoms with Gasteiger partial charge in [0.1, 0.15) is 12.4 Å². The molecule has 0 N–H and O–H groups in total. The number of morpholine rings is 1. The van der Waals surface area contributed by atoms with Crippen molar-refractivity contribution in [1.29, 1.82) is 0 Å². The molecule has 1 aromatic heterocycles. The summed E-state index contributed by atoms with van der Waals surface area (Å²) in [5.41, 5.74) is -0.830. The van der Waals surface area contributed by atoms with Crippen molar-refractivity contribution in [3.8, 4) is 0 Å². The van der Waals surface area contributed by atoms with Crippen molar-refractivity contribution < 1.29 is 27.5 Å². The van der Waals surface area contributed by atoms with Crippen LogP contribution in [0, 0.1) is 5.92 Å². The van der Waals surface area contributed by atoms with Crippen LogP contribution >= 0.6 is 0 Å². The van der Waals surface area contributed by atoms with Gasteiger partial charge in [0.2, 0.25) is 11.8 Å². The van der Waals surface area contributed by atoms with E-state index in [1.165, 1.54) is 0 Å². The molecule has 1 saturated heterocycles. The third-order valence-corrected chi connectivity index (χ3v) is 6.99. The molecule has 0 radical (unpaired) electrons. The van der Waals surface area contributed by atoms with Crippen molar-refractivity contribution in [3.63, 3.8) is 0 Å². The Labute approximate surface area is 198 Å². The average molecular weight is 483 g/mol. The standard InChI is InChI=1S/C24H33F3N4O3/c1-15(11-31-14-23(2,3)34-13-20(31)33)10-19(32)30-9-8-17-18(12-30)28-22(16-6-4-5-7-16)29-21(17)24(25,26)27/h15-16H,4-14H2,1-3H3/t15-/m0/s1. The third-order valence-electron chi connectivity index (χ3n) is 6.99. The summed E-state index contributed by atoms with van der Waals surface area (Å²) in [4.78, 5) is 37.0. The van der Waals surface area contributed by atoms with E-state index in [-0.39, 0.29) is 67.6 Å². The SMILES string of the molecule is C[C@@H](CC(=O)N1CCc2c(nc(C3CCCC3)nc2C(F)(F)F)C1)CN1CC(C)(C)OCC1=O. The number of fused-ring (bicyclic) bond motifs is 1. The summed E-state index contributed by atoms with van der Waals surface area (Å²) in [5, 5.41) is 0. The second-order valence-electron chi connectivity index (χ2n) is 10.5. The van der Waals surface area contributed by atoms with Crippen LogP contribution in [0.4, 0.5) is 13.2 Å². The van der Waals surface area contributed by atoms with E-state index < -0.39 is 17.5 Å². The Morgan fingerprint density at radius 2 is 1.94 bits per heavy atom. The summed E-state index contributed by atoms with van der Waals surface area (Å²) in [5.74, 6) is -0.0986. The number of hydrogen-bond acceptors (Lipinski definition) is 5. The fourth-order valence-electron chi connectivity index (χ4n) is 5.24. The number of hydrogen-bond donors (Lipinski definition) is 0. The molecule has 0 unspecified atom stereocenters. The zero-order valence-corrected chi connectivity index (χ0v) is 20.1. The summed E-state index contributed by atoms with van der Waals surface area (Å²) < 4.78 is 46.8. The average Bonchev–Trinajstić information content (AvgIpc) is 3.29. The van der Waals surface area contributed by atoms with Gasteiger partial charge in [-0.3, -0.25) is 9.59 Å². The minimum atomic E-state index is -4.54. The van der Waals surface area contributed by atoms with E-state index in [1.807, 2.05) is 20.8 Å². The molecule has 4 rings (SSSR count). The van der Waals surface area contributed by atoms with Crippen LogP contribution in [-0.2, 0) is 33.5 Å². The molecule has 1 aliphatic carbocycles. The molecule has 7 nitrogen and oxygen atoms in total. The van der Waals surface area contributed by atoms with Gasteiger partial charge >= 0.3 is 6.18 Å². The first-order chi connectivity index (χ1) is 15.9. The van der Waals surface area contributed by atoms with E-state index in [0.717, 1.165) is 25.7 Å². The van der Waals surface area contributed by atoms with E-state index in [0.29, 0.717) is 18.8 Å². The Kier molecular flexibility index (Phi) is 6.90. The van der Waals surface area contributed by atoms with Crippen LogP contribution in [-0.4, -0.2) is 63.4 Å². The number of carbonyl (C=O) groups excluding carboxylic acids is 2. The zero-order valence-electron chi connectivity index (χ0n) is 20.1. The van der Waals surface area contributed by atoms with Crippen molar-refractivity contribution in [2.75, 3.05) is 26.2 Å². The van der Waals surface area contributed by atoms with Gasteiger partial charge < -0.3 is 14.5 Å². The molecule has 2 aliphatic heterocycles. The lowest BCUT2D eigenvalue weighted by Gasteiger charge is -2.39. The van der Waals surface area contributed by atoms with Gasteiger partial charge in [-0.15, -0.1) is 0 Å². The topological polar surface area (TPSA) is 75.6 Å². The highest BCUT2D eigenvalue weighted by Crippen LogP contribution is 2.38. The van der Waals surface area contributed by atoms with Crippen LogP contribution < -0.4 is 0 Å². The first kappa shape index (κ1) is 24.9. The first-order valence-electron chi connectivity index (χ1n) is 12.1. The van der Waals surface area contributed by atoms with Crippen molar-refractivity contribution in [2.45, 2.75) is 83.5 Å². The number of halogens is 3. The van der Waals surface area contributed by atoms with Crippen LogP contribution in [0.25, 0.3) is 0 Å². The predicted molar refractivity (Wildman–Crippen MR) is 118 cm³/mol. The quantitative estimate of drug-likeness (QED) is 0.640. The molecule has 3 aliphatic rings. The van der Waals surface area contributed by atoms with E-state index >= 15 is 0 Å². The molecule has 1 atom stereocenters. The van der Waals surface area contributed by atoms with Gasteiger partial charge in [-0.25, -0.2) is 9.97 Å². The second kappa shape index (κ2) is 9.43. The van der Waals surface area contributed by atoms with Gasteiger partial charge in [0.15, 0.2) is 5.69 Å². The fraction of sp³-hybridized carbons (Fsp3) is 0.750. The van der Waals surface area contributed by atoms with Crippen molar-refractivity contribution in [2.24, 2.45) is 5.92 Å². The maximum atomic E-state index is 13.8. The molecule has 3 heterocycles. The van der Waals surface area contributed by atoms with Crippen LogP contribution in [0.15, 0.2) is 0 Å². The highest BCUT2D eigenvalue weighted by Gasteiger charge is 2.40. The number of alkyl halides is 3. The van der Waals surface area contributed by atoms with E-state index in [1.54, 1.807) is 9.80 Å². The van der Waals surface area contributed by atoms with E-state index in [2.05, 4.69) is 9.97 Å². The molecule has 10 heteroatoms. The van der Waals surface area contributed by atoms with Crippen LogP contribution in [0.3, 0.4) is 0 Å². The number of carbonyl (C=O) groups is 2. The summed E-state index contributed by atoms with van der Waals surface area (Å²) in [6.07, 6.45) is -0.700. The molecule has 0 aromatic carbocycles. The molecule has 1 saturated carbocycles. The molecule has 0 bridgehead atoms. The third kappa shape index (κ3) is 5.53. The van der Waals surface area contributed by atoms with Gasteiger partial charge in [-0.1, -0.05) is 19.8 Å². The fourth-order valence-corrected chi connectivity index (χ4v) is 5.24. The number of rotatable bonds is 5. The number of nitrogens with zero attached hydrogens (tertiary/aromatic N) is 4. The summed E-state index contributed by atoms with van der Waals surface area (Å²) in [6, 6.07) is 0. The Morgan fingerprint density at radius 1 is 1.24 bits per heavy atom. The molecular weight excluding hydrogens is 449 g/mol. The summed E-state index contributed by atoms with van der Waals surface area (Å²) in [6.45, 7) is 6.95. The van der Waals surface area contributed by atoms with E-state index in [9.17, 15) is 22.8 Å². The molecule has 2 fully saturated rings. The van der Waals surface area contributed by atoms with E-state index in [4.69, 9.17) is 4.74 Å². The lowest BCUT2D eigenvalue weighted by Crippen LogP contribution is -2.52. The Hall–Kier alpha value is -2.23. The zero-order chi connectivity index (χ0) is 24.7. The summed E-state index contributed by atoms with van der Waals surface area (Å²) in [7, 11) is 0. The van der Waals surface area contributed by atoms with Crippen LogP contribution in [0.1, 0.15) is 81.6 Å². The molecule has 0 spiro atoms. The number of ether oxygens (including phenoxy) is 1. The molecule has 34 heavy (non-hydrogen) atoms. The first-order valence-corrected chi connectivity index (χ1v) is 12.1. The maximum absolute atomic E-state index is 13.8. The normalized spacial score (nSPS) is 22.1. The Balaban J connectivity index is 1.45. The molecule has 188 valence electrons. The van der Waals surface area contributed by atoms with Gasteiger partial charge in [-0.2, -0.15) is 13.2 Å². The van der Waals surface area contributed by atoms with Gasteiger partial charge in [0.25, 0.3) is 0 Å². The van der Waals surface area contributed by atoms with Crippen LogP contribution in [0.5, 0.6) is 0 Å². The van der Waals surface area contributed by atoms with Gasteiger partial charge in [0.05, 0.1) is 17.8 Å². The smallest absolute Gasteiger partial charge is 0.364 e. The molecule has 1 aromatic rings. The van der Waals surface area contributed by atoms with Gasteiger partial charge in [0, 0.05) is 37.5 Å². The maximum Gasteiger partial charge on any atom is 0.433 e. The highest BCUT2D eigenvalue weighted by atomic mass is 19.4. The predicted octanol–water partition coefficient (Wildman–Crippen LogP) is 3.70. The number of aromatic nitrogens is 2. The monoisotopic (exact) mass is 482 g/mol. The molecular formula is C24H33F3N4O3. The minimum absolute atomic E-state index is 0.0289. The number of amides is 2. The summed E-state index contributed by atoms with van der Waals surface area (Å²) >= 11 is 0.